The van der Waals surface area contributed by atoms with E-state index in [1.807, 2.05) is 36.6 Å². The molecule has 3 aromatic rings. The van der Waals surface area contributed by atoms with Crippen LogP contribution in [0.2, 0.25) is 10.0 Å². The number of aryl methyl sites for hydroxylation is 1. The molecule has 0 atom stereocenters. The molecule has 2 N–H and O–H groups in total. The van der Waals surface area contributed by atoms with Crippen LogP contribution >= 0.6 is 39.1 Å². The van der Waals surface area contributed by atoms with Crippen LogP contribution in [-0.2, 0) is 9.59 Å². The van der Waals surface area contributed by atoms with Crippen LogP contribution in [0.15, 0.2) is 58.1 Å². The Morgan fingerprint density at radius 1 is 1.07 bits per heavy atom. The van der Waals surface area contributed by atoms with Gasteiger partial charge in [0, 0.05) is 32.1 Å². The molecule has 0 saturated carbocycles. The van der Waals surface area contributed by atoms with E-state index in [9.17, 15) is 9.59 Å². The summed E-state index contributed by atoms with van der Waals surface area (Å²) in [6, 6.07) is 14.1. The third kappa shape index (κ3) is 5.11. The fourth-order valence-corrected chi connectivity index (χ4v) is 3.81. The minimum atomic E-state index is -0.874. The van der Waals surface area contributed by atoms with Crippen LogP contribution in [0.25, 0.3) is 5.69 Å². The summed E-state index contributed by atoms with van der Waals surface area (Å²) >= 11 is 15.6. The van der Waals surface area contributed by atoms with Crippen LogP contribution in [0.3, 0.4) is 0 Å². The zero-order valence-corrected chi connectivity index (χ0v) is 19.1. The van der Waals surface area contributed by atoms with Gasteiger partial charge in [-0.15, -0.1) is 0 Å². The van der Waals surface area contributed by atoms with Gasteiger partial charge in [0.2, 0.25) is 0 Å². The molecule has 30 heavy (non-hydrogen) atoms. The Morgan fingerprint density at radius 3 is 2.53 bits per heavy atom. The topological polar surface area (TPSA) is 75.5 Å². The Balaban J connectivity index is 1.70. The molecule has 1 aromatic heterocycles. The molecular weight excluding hydrogens is 491 g/mol. The van der Waals surface area contributed by atoms with Crippen LogP contribution < -0.4 is 10.7 Å². The van der Waals surface area contributed by atoms with E-state index in [2.05, 4.69) is 31.8 Å². The minimum Gasteiger partial charge on any atom is -0.318 e. The second-order valence-corrected chi connectivity index (χ2v) is 8.18. The minimum absolute atomic E-state index is 0.497. The maximum atomic E-state index is 12.0. The number of carbonyl (C=O) groups excluding carboxylic acids is 2. The largest absolute Gasteiger partial charge is 0.329 e. The third-order valence-corrected chi connectivity index (χ3v) is 5.31. The predicted molar refractivity (Wildman–Crippen MR) is 124 cm³/mol. The number of carbonyl (C=O) groups is 2. The summed E-state index contributed by atoms with van der Waals surface area (Å²) in [5.41, 5.74) is 6.08. The normalized spacial score (nSPS) is 11.0. The highest BCUT2D eigenvalue weighted by molar-refractivity contribution is 9.10. The van der Waals surface area contributed by atoms with Crippen molar-refractivity contribution >= 4 is 62.8 Å². The van der Waals surface area contributed by atoms with E-state index in [0.717, 1.165) is 27.1 Å². The number of amides is 2. The Labute approximate surface area is 192 Å². The SMILES string of the molecule is Cc1cc(/C=N\NC(=O)C(=O)Nc2cccc(Br)c2)c(C)n1-c1ccc(Cl)cc1Cl. The van der Waals surface area contributed by atoms with E-state index in [0.29, 0.717) is 15.7 Å². The van der Waals surface area contributed by atoms with Crippen molar-refractivity contribution in [1.82, 2.24) is 9.99 Å². The third-order valence-electron chi connectivity index (χ3n) is 4.28. The molecule has 9 heteroatoms. The second kappa shape index (κ2) is 9.47. The first-order valence-corrected chi connectivity index (χ1v) is 10.4. The number of halogens is 3. The molecule has 2 amide bonds. The quantitative estimate of drug-likeness (QED) is 0.287. The lowest BCUT2D eigenvalue weighted by atomic mass is 10.2. The van der Waals surface area contributed by atoms with Gasteiger partial charge in [-0.05, 0) is 56.3 Å². The van der Waals surface area contributed by atoms with E-state index in [1.54, 1.807) is 30.3 Å². The van der Waals surface area contributed by atoms with Gasteiger partial charge in [-0.25, -0.2) is 5.43 Å². The lowest BCUT2D eigenvalue weighted by Gasteiger charge is -2.11. The molecule has 0 aliphatic rings. The van der Waals surface area contributed by atoms with Crippen molar-refractivity contribution in [3.05, 3.63) is 80.0 Å². The highest BCUT2D eigenvalue weighted by Crippen LogP contribution is 2.28. The number of aromatic nitrogens is 1. The van der Waals surface area contributed by atoms with Gasteiger partial charge in [0.05, 0.1) is 16.9 Å². The first kappa shape index (κ1) is 22.1. The summed E-state index contributed by atoms with van der Waals surface area (Å²) in [5, 5.41) is 7.48. The van der Waals surface area contributed by atoms with Crippen LogP contribution in [0.5, 0.6) is 0 Å². The molecule has 0 fully saturated rings. The van der Waals surface area contributed by atoms with E-state index >= 15 is 0 Å². The Hall–Kier alpha value is -2.61. The van der Waals surface area contributed by atoms with Gasteiger partial charge < -0.3 is 9.88 Å². The molecule has 0 saturated heterocycles. The fraction of sp³-hybridized carbons (Fsp3) is 0.0952. The van der Waals surface area contributed by atoms with E-state index in [4.69, 9.17) is 23.2 Å². The number of rotatable bonds is 4. The lowest BCUT2D eigenvalue weighted by Crippen LogP contribution is -2.32. The van der Waals surface area contributed by atoms with Crippen LogP contribution in [0.1, 0.15) is 17.0 Å². The summed E-state index contributed by atoms with van der Waals surface area (Å²) in [6.07, 6.45) is 1.48. The van der Waals surface area contributed by atoms with Gasteiger partial charge in [0.15, 0.2) is 0 Å². The van der Waals surface area contributed by atoms with Gasteiger partial charge in [0.25, 0.3) is 0 Å². The van der Waals surface area contributed by atoms with Gasteiger partial charge in [0.1, 0.15) is 0 Å². The monoisotopic (exact) mass is 506 g/mol. The first-order valence-electron chi connectivity index (χ1n) is 8.80. The average molecular weight is 508 g/mol. The van der Waals surface area contributed by atoms with Gasteiger partial charge >= 0.3 is 11.8 Å². The van der Waals surface area contributed by atoms with Crippen LogP contribution in [0.4, 0.5) is 5.69 Å². The van der Waals surface area contributed by atoms with Crippen molar-refractivity contribution in [2.24, 2.45) is 5.10 Å². The van der Waals surface area contributed by atoms with Crippen molar-refractivity contribution < 1.29 is 9.59 Å². The van der Waals surface area contributed by atoms with Crippen molar-refractivity contribution in [1.29, 1.82) is 0 Å². The van der Waals surface area contributed by atoms with Gasteiger partial charge in [-0.1, -0.05) is 45.2 Å². The maximum Gasteiger partial charge on any atom is 0.329 e. The lowest BCUT2D eigenvalue weighted by molar-refractivity contribution is -0.136. The number of nitrogens with zero attached hydrogens (tertiary/aromatic N) is 2. The van der Waals surface area contributed by atoms with Gasteiger partial charge in [-0.2, -0.15) is 5.10 Å². The second-order valence-electron chi connectivity index (χ2n) is 6.42. The van der Waals surface area contributed by atoms with Crippen molar-refractivity contribution in [2.75, 3.05) is 5.32 Å². The summed E-state index contributed by atoms with van der Waals surface area (Å²) in [6.45, 7) is 3.83. The number of hydrazone groups is 1. The summed E-state index contributed by atoms with van der Waals surface area (Å²) < 4.78 is 2.75. The van der Waals surface area contributed by atoms with Crippen LogP contribution in [0, 0.1) is 13.8 Å². The summed E-state index contributed by atoms with van der Waals surface area (Å²) in [5.74, 6) is -1.69. The van der Waals surface area contributed by atoms with E-state index in [1.165, 1.54) is 6.21 Å². The molecule has 0 bridgehead atoms. The molecule has 1 heterocycles. The molecular formula is C21H17BrCl2N4O2. The van der Waals surface area contributed by atoms with Crippen molar-refractivity contribution in [3.63, 3.8) is 0 Å². The van der Waals surface area contributed by atoms with Crippen molar-refractivity contribution in [3.8, 4) is 5.69 Å². The predicted octanol–water partition coefficient (Wildman–Crippen LogP) is 5.25. The highest BCUT2D eigenvalue weighted by atomic mass is 79.9. The molecule has 0 spiro atoms. The molecule has 2 aromatic carbocycles. The number of hydrogen-bond donors (Lipinski definition) is 2. The number of nitrogens with one attached hydrogen (secondary N) is 2. The molecule has 0 aliphatic heterocycles. The smallest absolute Gasteiger partial charge is 0.318 e. The number of hydrogen-bond acceptors (Lipinski definition) is 3. The summed E-state index contributed by atoms with van der Waals surface area (Å²) in [7, 11) is 0. The molecule has 3 rings (SSSR count). The first-order chi connectivity index (χ1) is 14.3. The maximum absolute atomic E-state index is 12.0. The zero-order chi connectivity index (χ0) is 21.8. The Morgan fingerprint density at radius 2 is 1.83 bits per heavy atom. The van der Waals surface area contributed by atoms with Crippen LogP contribution in [-0.4, -0.2) is 22.6 Å². The Bertz CT molecular complexity index is 1160. The zero-order valence-electron chi connectivity index (χ0n) is 16.0. The molecule has 6 nitrogen and oxygen atoms in total. The Kier molecular flexibility index (Phi) is 6.97. The van der Waals surface area contributed by atoms with E-state index in [-0.39, 0.29) is 0 Å². The number of anilines is 1. The fourth-order valence-electron chi connectivity index (χ4n) is 2.92. The van der Waals surface area contributed by atoms with Crippen molar-refractivity contribution in [2.45, 2.75) is 13.8 Å². The van der Waals surface area contributed by atoms with E-state index < -0.39 is 11.8 Å². The van der Waals surface area contributed by atoms with Gasteiger partial charge in [-0.3, -0.25) is 9.59 Å². The highest BCUT2D eigenvalue weighted by Gasteiger charge is 2.14. The molecule has 0 unspecified atom stereocenters. The number of benzene rings is 2. The molecule has 0 aliphatic carbocycles. The molecule has 154 valence electrons. The average Bonchev–Trinajstić information content (AvgIpc) is 2.95. The molecule has 0 radical (unpaired) electrons. The standard InChI is InChI=1S/C21H17BrCl2N4O2/c1-12-8-14(13(2)28(12)19-7-6-16(23)10-18(19)24)11-25-27-21(30)20(29)26-17-5-3-4-15(22)9-17/h3-11H,1-2H3,(H,26,29)(H,27,30)/b25-11-. The summed E-state index contributed by atoms with van der Waals surface area (Å²) in [4.78, 5) is 24.0.